The number of hydrogen-bond acceptors (Lipinski definition) is 6. The molecule has 1 aromatic heterocycles. The number of aryl methyl sites for hydroxylation is 1. The third-order valence-electron chi connectivity index (χ3n) is 2.70. The van der Waals surface area contributed by atoms with Crippen LogP contribution in [0.3, 0.4) is 0 Å². The Labute approximate surface area is 126 Å². The van der Waals surface area contributed by atoms with Gasteiger partial charge in [0.1, 0.15) is 12.4 Å². The number of nitrogens with one attached hydrogen (secondary N) is 1. The predicted molar refractivity (Wildman–Crippen MR) is 80.7 cm³/mol. The van der Waals surface area contributed by atoms with Gasteiger partial charge in [0.15, 0.2) is 0 Å². The molecule has 0 radical (unpaired) electrons. The molecular weight excluding hydrogens is 272 g/mol. The summed E-state index contributed by atoms with van der Waals surface area (Å²) in [6.45, 7) is 6.01. The van der Waals surface area contributed by atoms with Gasteiger partial charge in [-0.2, -0.15) is 0 Å². The van der Waals surface area contributed by atoms with Crippen molar-refractivity contribution in [3.8, 4) is 5.75 Å². The van der Waals surface area contributed by atoms with Gasteiger partial charge in [0.2, 0.25) is 0 Å². The molecule has 1 heterocycles. The first-order valence-corrected chi connectivity index (χ1v) is 7.16. The molecule has 1 aromatic rings. The molecule has 0 aliphatic heterocycles. The first-order chi connectivity index (χ1) is 10.3. The van der Waals surface area contributed by atoms with Gasteiger partial charge >= 0.3 is 0 Å². The summed E-state index contributed by atoms with van der Waals surface area (Å²) < 4.78 is 21.3. The van der Waals surface area contributed by atoms with Crippen LogP contribution in [-0.2, 0) is 20.8 Å². The Morgan fingerprint density at radius 2 is 1.67 bits per heavy atom. The minimum atomic E-state index is 0.500. The largest absolute Gasteiger partial charge is 0.489 e. The minimum absolute atomic E-state index is 0.500. The average Bonchev–Trinajstić information content (AvgIpc) is 2.48. The van der Waals surface area contributed by atoms with E-state index >= 15 is 0 Å². The topological polar surface area (TPSA) is 61.8 Å². The number of rotatable bonds is 12. The molecule has 6 heteroatoms. The maximum Gasteiger partial charge on any atom is 0.142 e. The van der Waals surface area contributed by atoms with Crippen molar-refractivity contribution in [2.45, 2.75) is 13.5 Å². The van der Waals surface area contributed by atoms with Crippen LogP contribution in [-0.4, -0.2) is 58.8 Å². The molecule has 0 saturated heterocycles. The third kappa shape index (κ3) is 7.96. The smallest absolute Gasteiger partial charge is 0.142 e. The fourth-order valence-corrected chi connectivity index (χ4v) is 1.70. The highest BCUT2D eigenvalue weighted by Crippen LogP contribution is 2.16. The molecule has 0 amide bonds. The quantitative estimate of drug-likeness (QED) is 0.585. The molecule has 0 fully saturated rings. The van der Waals surface area contributed by atoms with Crippen molar-refractivity contribution < 1.29 is 18.9 Å². The van der Waals surface area contributed by atoms with Crippen LogP contribution in [0.15, 0.2) is 12.1 Å². The van der Waals surface area contributed by atoms with E-state index in [-0.39, 0.29) is 0 Å². The van der Waals surface area contributed by atoms with Crippen molar-refractivity contribution in [2.75, 3.05) is 53.8 Å². The summed E-state index contributed by atoms with van der Waals surface area (Å²) in [6, 6.07) is 3.89. The molecule has 21 heavy (non-hydrogen) atoms. The highest BCUT2D eigenvalue weighted by Gasteiger charge is 2.05. The summed E-state index contributed by atoms with van der Waals surface area (Å²) >= 11 is 0. The molecule has 6 nitrogen and oxygen atoms in total. The molecule has 0 saturated carbocycles. The second kappa shape index (κ2) is 11.4. The average molecular weight is 298 g/mol. The number of nitrogens with zero attached hydrogens (tertiary/aromatic N) is 1. The van der Waals surface area contributed by atoms with E-state index in [0.717, 1.165) is 17.1 Å². The Morgan fingerprint density at radius 1 is 1.00 bits per heavy atom. The normalized spacial score (nSPS) is 10.8. The van der Waals surface area contributed by atoms with E-state index in [1.165, 1.54) is 0 Å². The van der Waals surface area contributed by atoms with Gasteiger partial charge < -0.3 is 24.3 Å². The molecule has 1 rings (SSSR count). The number of methoxy groups -OCH3 is 1. The Morgan fingerprint density at radius 3 is 2.33 bits per heavy atom. The van der Waals surface area contributed by atoms with E-state index in [1.54, 1.807) is 7.11 Å². The van der Waals surface area contributed by atoms with Crippen LogP contribution in [0.5, 0.6) is 5.75 Å². The molecule has 1 N–H and O–H groups in total. The van der Waals surface area contributed by atoms with E-state index in [2.05, 4.69) is 10.3 Å². The van der Waals surface area contributed by atoms with Gasteiger partial charge in [-0.1, -0.05) is 0 Å². The summed E-state index contributed by atoms with van der Waals surface area (Å²) in [5.41, 5.74) is 1.90. The van der Waals surface area contributed by atoms with E-state index < -0.39 is 0 Å². The van der Waals surface area contributed by atoms with Crippen molar-refractivity contribution in [2.24, 2.45) is 0 Å². The summed E-state index contributed by atoms with van der Waals surface area (Å²) in [7, 11) is 3.54. The minimum Gasteiger partial charge on any atom is -0.489 e. The Balaban J connectivity index is 2.15. The lowest BCUT2D eigenvalue weighted by Gasteiger charge is -2.11. The lowest BCUT2D eigenvalue weighted by molar-refractivity contribution is 0.0179. The molecule has 120 valence electrons. The zero-order valence-electron chi connectivity index (χ0n) is 13.2. The van der Waals surface area contributed by atoms with E-state index in [9.17, 15) is 0 Å². The number of ether oxygens (including phenoxy) is 4. The second-order valence-electron chi connectivity index (χ2n) is 4.49. The lowest BCUT2D eigenvalue weighted by atomic mass is 10.3. The molecule has 0 unspecified atom stereocenters. The molecule has 0 aliphatic carbocycles. The fraction of sp³-hybridized carbons (Fsp3) is 0.667. The van der Waals surface area contributed by atoms with Crippen LogP contribution >= 0.6 is 0 Å². The highest BCUT2D eigenvalue weighted by atomic mass is 16.6. The first-order valence-electron chi connectivity index (χ1n) is 7.16. The van der Waals surface area contributed by atoms with Gasteiger partial charge in [-0.05, 0) is 26.1 Å². The molecule has 0 atom stereocenters. The van der Waals surface area contributed by atoms with Crippen LogP contribution in [0.25, 0.3) is 0 Å². The molecule has 0 spiro atoms. The van der Waals surface area contributed by atoms with E-state index in [0.29, 0.717) is 46.2 Å². The number of aromatic nitrogens is 1. The summed E-state index contributed by atoms with van der Waals surface area (Å²) in [5, 5.41) is 3.09. The zero-order chi connectivity index (χ0) is 15.3. The number of pyridine rings is 1. The van der Waals surface area contributed by atoms with Crippen LogP contribution in [0.2, 0.25) is 0 Å². The monoisotopic (exact) mass is 298 g/mol. The maximum absolute atomic E-state index is 5.70. The molecule has 0 aliphatic rings. The highest BCUT2D eigenvalue weighted by molar-refractivity contribution is 5.29. The van der Waals surface area contributed by atoms with Crippen LogP contribution in [0.1, 0.15) is 11.4 Å². The van der Waals surface area contributed by atoms with Gasteiger partial charge in [-0.25, -0.2) is 0 Å². The van der Waals surface area contributed by atoms with Crippen molar-refractivity contribution in [3.63, 3.8) is 0 Å². The van der Waals surface area contributed by atoms with E-state index in [1.807, 2.05) is 26.1 Å². The van der Waals surface area contributed by atoms with Crippen LogP contribution in [0, 0.1) is 6.92 Å². The first kappa shape index (κ1) is 17.8. The van der Waals surface area contributed by atoms with Crippen molar-refractivity contribution >= 4 is 0 Å². The summed E-state index contributed by atoms with van der Waals surface area (Å²) in [6.07, 6.45) is 0. The predicted octanol–water partition coefficient (Wildman–Crippen LogP) is 1.17. The van der Waals surface area contributed by atoms with Crippen LogP contribution in [0.4, 0.5) is 0 Å². The van der Waals surface area contributed by atoms with Gasteiger partial charge in [-0.15, -0.1) is 0 Å². The lowest BCUT2D eigenvalue weighted by Crippen LogP contribution is -2.14. The van der Waals surface area contributed by atoms with Gasteiger partial charge in [0.05, 0.1) is 38.7 Å². The molecule has 0 aromatic carbocycles. The Bertz CT molecular complexity index is 388. The molecular formula is C15H26N2O4. The zero-order valence-corrected chi connectivity index (χ0v) is 13.2. The fourth-order valence-electron chi connectivity index (χ4n) is 1.70. The van der Waals surface area contributed by atoms with Crippen LogP contribution < -0.4 is 10.1 Å². The van der Waals surface area contributed by atoms with Gasteiger partial charge in [0.25, 0.3) is 0 Å². The third-order valence-corrected chi connectivity index (χ3v) is 2.70. The summed E-state index contributed by atoms with van der Waals surface area (Å²) in [5.74, 6) is 0.801. The number of hydrogen-bond donors (Lipinski definition) is 1. The van der Waals surface area contributed by atoms with E-state index in [4.69, 9.17) is 18.9 Å². The Hall–Kier alpha value is -1.21. The maximum atomic E-state index is 5.70. The Kier molecular flexibility index (Phi) is 9.73. The van der Waals surface area contributed by atoms with Gasteiger partial charge in [0, 0.05) is 19.3 Å². The van der Waals surface area contributed by atoms with Crippen molar-refractivity contribution in [3.05, 3.63) is 23.5 Å². The SMILES string of the molecule is CNCc1nc(C)ccc1OCCOCCOCCOC. The van der Waals surface area contributed by atoms with Crippen molar-refractivity contribution in [1.82, 2.24) is 10.3 Å². The molecule has 0 bridgehead atoms. The standard InChI is InChI=1S/C15H26N2O4/c1-13-4-5-15(14(17-13)12-16-2)21-11-10-20-9-8-19-7-6-18-3/h4-5,16H,6-12H2,1-3H3. The van der Waals surface area contributed by atoms with Gasteiger partial charge in [-0.3, -0.25) is 4.98 Å². The second-order valence-corrected chi connectivity index (χ2v) is 4.49. The van der Waals surface area contributed by atoms with Crippen molar-refractivity contribution in [1.29, 1.82) is 0 Å². The summed E-state index contributed by atoms with van der Waals surface area (Å²) in [4.78, 5) is 4.46.